The summed E-state index contributed by atoms with van der Waals surface area (Å²) in [6.07, 6.45) is 0. The summed E-state index contributed by atoms with van der Waals surface area (Å²) in [6.45, 7) is 4.28. The molecule has 0 aliphatic rings. The van der Waals surface area contributed by atoms with Gasteiger partial charge in [-0.3, -0.25) is 23.8 Å². The van der Waals surface area contributed by atoms with Gasteiger partial charge in [0.1, 0.15) is 0 Å². The van der Waals surface area contributed by atoms with Crippen LogP contribution in [0, 0.1) is 12.1 Å². The predicted octanol–water partition coefficient (Wildman–Crippen LogP) is 2.41. The summed E-state index contributed by atoms with van der Waals surface area (Å²) >= 11 is 0. The van der Waals surface area contributed by atoms with Crippen molar-refractivity contribution in [2.45, 2.75) is 19.8 Å². The van der Waals surface area contributed by atoms with E-state index in [2.05, 4.69) is 26.0 Å². The Bertz CT molecular complexity index is 172. The van der Waals surface area contributed by atoms with Gasteiger partial charge in [0.25, 0.3) is 0 Å². The van der Waals surface area contributed by atoms with Crippen molar-refractivity contribution in [3.8, 4) is 0 Å². The molecule has 0 fully saturated rings. The molecule has 0 spiro atoms. The molecule has 1 aromatic carbocycles. The molecule has 0 aliphatic carbocycles. The van der Waals surface area contributed by atoms with E-state index in [4.69, 9.17) is 0 Å². The van der Waals surface area contributed by atoms with Crippen LogP contribution >= 0.6 is 0 Å². The third kappa shape index (κ3) is 3.52. The molecule has 1 aromatic rings. The molecule has 0 heterocycles. The Morgan fingerprint density at radius 1 is 1.18 bits per heavy atom. The van der Waals surface area contributed by atoms with E-state index in [1.807, 2.05) is 18.2 Å². The van der Waals surface area contributed by atoms with Gasteiger partial charge >= 0.3 is 0 Å². The summed E-state index contributed by atoms with van der Waals surface area (Å²) < 4.78 is 0. The molecule has 11 heavy (non-hydrogen) atoms. The second-order valence-corrected chi connectivity index (χ2v) is 2.38. The molecular formula is C9H10RfRh-2. The van der Waals surface area contributed by atoms with Crippen molar-refractivity contribution < 1.29 is 19.5 Å². The predicted molar refractivity (Wildman–Crippen MR) is 38.2 cm³/mol. The number of hydrogen-bond acceptors (Lipinski definition) is 0. The summed E-state index contributed by atoms with van der Waals surface area (Å²) in [5.41, 5.74) is 1.16. The van der Waals surface area contributed by atoms with E-state index in [0.29, 0.717) is 5.92 Å². The molecule has 1 radical (unpaired) electrons. The van der Waals surface area contributed by atoms with Crippen LogP contribution in [0.1, 0.15) is 25.3 Å². The van der Waals surface area contributed by atoms with Gasteiger partial charge in [-0.05, 0) is 0 Å². The molecule has 0 aromatic heterocycles. The Kier molecular flexibility index (Phi) is 6.39. The van der Waals surface area contributed by atoms with Gasteiger partial charge in [0, 0.05) is 19.5 Å². The Morgan fingerprint density at radius 3 is 1.91 bits per heavy atom. The minimum atomic E-state index is 0. The molecule has 1 rings (SSSR count). The maximum atomic E-state index is 3.11. The van der Waals surface area contributed by atoms with Crippen LogP contribution in [-0.2, 0) is 19.5 Å². The van der Waals surface area contributed by atoms with Crippen molar-refractivity contribution in [2.75, 3.05) is 0 Å². The number of hydrogen-bond donors (Lipinski definition) is 0. The van der Waals surface area contributed by atoms with Crippen LogP contribution in [0.15, 0.2) is 18.2 Å². The van der Waals surface area contributed by atoms with Crippen LogP contribution in [0.5, 0.6) is 0 Å². The fourth-order valence-corrected chi connectivity index (χ4v) is 0.699. The second-order valence-electron chi connectivity index (χ2n) is 2.38. The summed E-state index contributed by atoms with van der Waals surface area (Å²) in [7, 11) is 0. The first-order chi connectivity index (χ1) is 4.30. The van der Waals surface area contributed by atoms with E-state index in [-0.39, 0.29) is 19.5 Å². The standard InChI is InChI=1S/C9H10.Rf.Rh/c1-8(2)9-6-4-3-5-7-9;;/h3-5,8H,1-2H3;;/q-2;;. The van der Waals surface area contributed by atoms with E-state index in [1.165, 1.54) is 0 Å². The fourth-order valence-electron chi connectivity index (χ4n) is 0.699. The van der Waals surface area contributed by atoms with Gasteiger partial charge in [0.15, 0.2) is 0 Å². The van der Waals surface area contributed by atoms with E-state index < -0.39 is 0 Å². The average Bonchev–Trinajstić information content (AvgIpc) is 1.90. The van der Waals surface area contributed by atoms with Gasteiger partial charge in [-0.25, -0.2) is 0 Å². The van der Waals surface area contributed by atoms with E-state index in [0.717, 1.165) is 5.56 Å². The molecule has 0 aliphatic heterocycles. The van der Waals surface area contributed by atoms with E-state index in [1.54, 1.807) is 0 Å². The van der Waals surface area contributed by atoms with Crippen LogP contribution in [0.25, 0.3) is 0 Å². The van der Waals surface area contributed by atoms with E-state index in [9.17, 15) is 0 Å². The van der Waals surface area contributed by atoms with Crippen molar-refractivity contribution in [1.29, 1.82) is 0 Å². The summed E-state index contributed by atoms with van der Waals surface area (Å²) in [6, 6.07) is 12.0. The zero-order valence-electron chi connectivity index (χ0n) is 6.85. The third-order valence-electron chi connectivity index (χ3n) is 1.25. The van der Waals surface area contributed by atoms with E-state index >= 15 is 0 Å². The Hall–Kier alpha value is -1.16. The smallest absolute Gasteiger partial charge is 0 e. The van der Waals surface area contributed by atoms with Gasteiger partial charge in [0.05, 0.1) is 0 Å². The average molecular weight is 488 g/mol. The van der Waals surface area contributed by atoms with Gasteiger partial charge < -0.3 is 12.1 Å². The molecule has 59 valence electrons. The zero-order valence-corrected chi connectivity index (χ0v) is 14.9. The SMILES string of the molecule is CC(C)c1[c-]ccc[c-]1.[Rf].[Rh]. The monoisotopic (exact) mass is 488 g/mol. The Labute approximate surface area is 75.4 Å². The second kappa shape index (κ2) is 5.61. The maximum absolute atomic E-state index is 3.11. The van der Waals surface area contributed by atoms with Crippen LogP contribution in [0.2, 0.25) is 0 Å². The van der Waals surface area contributed by atoms with Crippen LogP contribution in [-0.4, -0.2) is 0 Å². The van der Waals surface area contributed by atoms with Gasteiger partial charge in [-0.2, -0.15) is 0 Å². The molecule has 0 nitrogen and oxygen atoms in total. The zero-order chi connectivity index (χ0) is 6.69. The van der Waals surface area contributed by atoms with Crippen LogP contribution in [0.3, 0.4) is 0 Å². The topological polar surface area (TPSA) is 0 Å². The first-order valence-corrected chi connectivity index (χ1v) is 3.19. The molecule has 0 saturated carbocycles. The molecule has 0 bridgehead atoms. The third-order valence-corrected chi connectivity index (χ3v) is 1.25. The first kappa shape index (κ1) is 12.5. The summed E-state index contributed by atoms with van der Waals surface area (Å²) in [4.78, 5) is 0. The summed E-state index contributed by atoms with van der Waals surface area (Å²) in [5, 5.41) is 0. The van der Waals surface area contributed by atoms with Crippen LogP contribution < -0.4 is 0 Å². The molecule has 2 heteroatoms. The van der Waals surface area contributed by atoms with Gasteiger partial charge in [0.2, 0.25) is 0 Å². The first-order valence-electron chi connectivity index (χ1n) is 3.19. The van der Waals surface area contributed by atoms with Crippen LogP contribution in [0.4, 0.5) is 0 Å². The quantitative estimate of drug-likeness (QED) is 0.421. The van der Waals surface area contributed by atoms with Crippen molar-refractivity contribution in [1.82, 2.24) is 0 Å². The van der Waals surface area contributed by atoms with Crippen molar-refractivity contribution in [3.05, 3.63) is 35.9 Å². The molecule has 0 N–H and O–H groups in total. The molecular weight excluding hydrogens is 478 g/mol. The maximum Gasteiger partial charge on any atom is 0 e. The van der Waals surface area contributed by atoms with Gasteiger partial charge in [-0.1, -0.05) is 19.8 Å². The normalized spacial score (nSPS) is 8.27. The number of rotatable bonds is 1. The molecule has 0 amide bonds. The molecule has 0 atom stereocenters. The number of benzene rings is 1. The Morgan fingerprint density at radius 2 is 1.64 bits per heavy atom. The molecule has 0 unspecified atom stereocenters. The minimum absolute atomic E-state index is 0. The molecule has 0 saturated heterocycles. The Balaban J connectivity index is 0. The van der Waals surface area contributed by atoms with Crippen molar-refractivity contribution >= 4 is 0 Å². The largest absolute Gasteiger partial charge is 0.355 e. The fraction of sp³-hybridized carbons (Fsp3) is 0.333. The van der Waals surface area contributed by atoms with Gasteiger partial charge in [-0.15, -0.1) is 0 Å². The van der Waals surface area contributed by atoms with Crippen molar-refractivity contribution in [2.24, 2.45) is 0 Å². The minimum Gasteiger partial charge on any atom is -0.355 e. The van der Waals surface area contributed by atoms with Crippen molar-refractivity contribution in [3.63, 3.8) is 0 Å². The summed E-state index contributed by atoms with van der Waals surface area (Å²) in [5.74, 6) is 0.547.